The standard InChI is InChI=1S/C18H13Cl2F4N5O3S/c1-8-4-10(6-14(15(8)20)33(25,30)31)28-17-26-7-12(21)16(29-17)27-9-2-3-13(11(19)5-9)32-18(22,23)24/h2-7H,1H3,(H2,25,30,31)(H2,26,27,28,29). The van der Waals surface area contributed by atoms with Crippen LogP contribution in [0.5, 0.6) is 5.75 Å². The summed E-state index contributed by atoms with van der Waals surface area (Å²) in [5, 5.41) is 10.00. The van der Waals surface area contributed by atoms with Gasteiger partial charge in [-0.15, -0.1) is 13.2 Å². The first-order valence-electron chi connectivity index (χ1n) is 8.68. The highest BCUT2D eigenvalue weighted by Gasteiger charge is 2.32. The summed E-state index contributed by atoms with van der Waals surface area (Å²) in [6.07, 6.45) is -4.11. The summed E-state index contributed by atoms with van der Waals surface area (Å²) in [7, 11) is -4.12. The molecule has 0 saturated heterocycles. The molecular formula is C18H13Cl2F4N5O3S. The molecule has 0 aliphatic carbocycles. The van der Waals surface area contributed by atoms with Gasteiger partial charge in [-0.1, -0.05) is 23.2 Å². The van der Waals surface area contributed by atoms with Crippen LogP contribution in [0.25, 0.3) is 0 Å². The maximum absolute atomic E-state index is 14.2. The average molecular weight is 526 g/mol. The maximum Gasteiger partial charge on any atom is 0.573 e. The summed E-state index contributed by atoms with van der Waals surface area (Å²) in [6.45, 7) is 1.55. The van der Waals surface area contributed by atoms with E-state index in [1.165, 1.54) is 12.1 Å². The van der Waals surface area contributed by atoms with Gasteiger partial charge >= 0.3 is 6.36 Å². The molecule has 176 valence electrons. The Bertz CT molecular complexity index is 1320. The number of primary sulfonamides is 1. The van der Waals surface area contributed by atoms with E-state index in [1.807, 2.05) is 0 Å². The number of nitrogens with one attached hydrogen (secondary N) is 2. The molecule has 0 saturated carbocycles. The highest BCUT2D eigenvalue weighted by molar-refractivity contribution is 7.89. The summed E-state index contributed by atoms with van der Waals surface area (Å²) in [5.41, 5.74) is 0.703. The van der Waals surface area contributed by atoms with Crippen molar-refractivity contribution >= 4 is 56.4 Å². The number of anilines is 4. The molecule has 15 heteroatoms. The third-order valence-corrected chi connectivity index (χ3v) is 5.79. The van der Waals surface area contributed by atoms with Crippen molar-refractivity contribution in [3.8, 4) is 5.75 Å². The van der Waals surface area contributed by atoms with Crippen LogP contribution >= 0.6 is 23.2 Å². The van der Waals surface area contributed by atoms with Crippen molar-refractivity contribution in [3.05, 3.63) is 58.0 Å². The smallest absolute Gasteiger partial charge is 0.404 e. The fourth-order valence-corrected chi connectivity index (χ4v) is 3.94. The number of alkyl halides is 3. The SMILES string of the molecule is Cc1cc(Nc2ncc(F)c(Nc3ccc(OC(F)(F)F)c(Cl)c3)n2)cc(S(N)(=O)=O)c1Cl. The van der Waals surface area contributed by atoms with Crippen LogP contribution in [0.4, 0.5) is 40.7 Å². The Morgan fingerprint density at radius 3 is 2.39 bits per heavy atom. The lowest BCUT2D eigenvalue weighted by atomic mass is 10.2. The number of rotatable bonds is 6. The summed E-state index contributed by atoms with van der Waals surface area (Å²) in [5.74, 6) is -2.00. The number of halogens is 6. The molecule has 8 nitrogen and oxygen atoms in total. The van der Waals surface area contributed by atoms with Gasteiger partial charge in [-0.25, -0.2) is 22.9 Å². The van der Waals surface area contributed by atoms with E-state index >= 15 is 0 Å². The summed E-state index contributed by atoms with van der Waals surface area (Å²) >= 11 is 11.8. The molecule has 0 bridgehead atoms. The Balaban J connectivity index is 1.87. The quantitative estimate of drug-likeness (QED) is 0.375. The molecule has 0 unspecified atom stereocenters. The lowest BCUT2D eigenvalue weighted by Gasteiger charge is -2.13. The van der Waals surface area contributed by atoms with Gasteiger partial charge in [0.25, 0.3) is 0 Å². The highest BCUT2D eigenvalue weighted by atomic mass is 35.5. The first-order valence-corrected chi connectivity index (χ1v) is 11.0. The molecule has 0 radical (unpaired) electrons. The number of benzene rings is 2. The summed E-state index contributed by atoms with van der Waals surface area (Å²) < 4.78 is 78.5. The summed E-state index contributed by atoms with van der Waals surface area (Å²) in [6, 6.07) is 5.85. The van der Waals surface area contributed by atoms with Gasteiger partial charge in [0.2, 0.25) is 16.0 Å². The largest absolute Gasteiger partial charge is 0.573 e. The number of sulfonamides is 1. The molecule has 1 aromatic heterocycles. The normalized spacial score (nSPS) is 11.9. The number of aryl methyl sites for hydroxylation is 1. The van der Waals surface area contributed by atoms with Crippen LogP contribution in [0.15, 0.2) is 41.4 Å². The van der Waals surface area contributed by atoms with Crippen molar-refractivity contribution in [2.24, 2.45) is 5.14 Å². The molecule has 0 fully saturated rings. The minimum atomic E-state index is -4.93. The van der Waals surface area contributed by atoms with Crippen molar-refractivity contribution in [3.63, 3.8) is 0 Å². The predicted molar refractivity (Wildman–Crippen MR) is 114 cm³/mol. The topological polar surface area (TPSA) is 119 Å². The molecular weight excluding hydrogens is 513 g/mol. The average Bonchev–Trinajstić information content (AvgIpc) is 2.67. The Labute approximate surface area is 194 Å². The number of hydrogen-bond acceptors (Lipinski definition) is 7. The highest BCUT2D eigenvalue weighted by Crippen LogP contribution is 2.33. The Hall–Kier alpha value is -2.87. The second-order valence-corrected chi connectivity index (χ2v) is 8.80. The van der Waals surface area contributed by atoms with Crippen molar-refractivity contribution in [2.75, 3.05) is 10.6 Å². The zero-order valence-corrected chi connectivity index (χ0v) is 18.7. The molecule has 4 N–H and O–H groups in total. The van der Waals surface area contributed by atoms with Gasteiger partial charge < -0.3 is 15.4 Å². The van der Waals surface area contributed by atoms with Crippen LogP contribution in [0.1, 0.15) is 5.56 Å². The molecule has 1 heterocycles. The van der Waals surface area contributed by atoms with Crippen molar-refractivity contribution in [1.82, 2.24) is 9.97 Å². The van der Waals surface area contributed by atoms with Gasteiger partial charge in [0.05, 0.1) is 16.2 Å². The maximum atomic E-state index is 14.2. The van der Waals surface area contributed by atoms with Crippen LogP contribution in [-0.4, -0.2) is 24.7 Å². The van der Waals surface area contributed by atoms with Gasteiger partial charge in [0.15, 0.2) is 11.6 Å². The van der Waals surface area contributed by atoms with Crippen LogP contribution in [0, 0.1) is 12.7 Å². The van der Waals surface area contributed by atoms with E-state index in [0.29, 0.717) is 5.56 Å². The summed E-state index contributed by atoms with van der Waals surface area (Å²) in [4.78, 5) is 7.38. The van der Waals surface area contributed by atoms with Crippen LogP contribution in [-0.2, 0) is 10.0 Å². The van der Waals surface area contributed by atoms with Crippen LogP contribution in [0.3, 0.4) is 0 Å². The number of nitrogens with zero attached hydrogens (tertiary/aromatic N) is 2. The molecule has 0 spiro atoms. The molecule has 3 rings (SSSR count). The third-order valence-electron chi connectivity index (χ3n) is 3.95. The Kier molecular flexibility index (Phi) is 6.88. The van der Waals surface area contributed by atoms with E-state index < -0.39 is 28.0 Å². The number of hydrogen-bond donors (Lipinski definition) is 3. The Morgan fingerprint density at radius 2 is 1.79 bits per heavy atom. The van der Waals surface area contributed by atoms with Crippen LogP contribution < -0.4 is 20.5 Å². The van der Waals surface area contributed by atoms with E-state index in [9.17, 15) is 26.0 Å². The molecule has 0 aliphatic rings. The number of aromatic nitrogens is 2. The molecule has 0 aliphatic heterocycles. The van der Waals surface area contributed by atoms with E-state index in [-0.39, 0.29) is 38.1 Å². The second-order valence-electron chi connectivity index (χ2n) is 6.48. The lowest BCUT2D eigenvalue weighted by molar-refractivity contribution is -0.274. The minimum Gasteiger partial charge on any atom is -0.404 e. The lowest BCUT2D eigenvalue weighted by Crippen LogP contribution is -2.17. The predicted octanol–water partition coefficient (Wildman–Crippen LogP) is 5.26. The van der Waals surface area contributed by atoms with Crippen molar-refractivity contribution in [1.29, 1.82) is 0 Å². The minimum absolute atomic E-state index is 0.0553. The first-order chi connectivity index (χ1) is 15.2. The van der Waals surface area contributed by atoms with Gasteiger partial charge in [0.1, 0.15) is 10.6 Å². The van der Waals surface area contributed by atoms with Gasteiger partial charge in [-0.05, 0) is 42.8 Å². The van der Waals surface area contributed by atoms with Crippen molar-refractivity contribution in [2.45, 2.75) is 18.2 Å². The van der Waals surface area contributed by atoms with Gasteiger partial charge in [-0.3, -0.25) is 0 Å². The number of nitrogens with two attached hydrogens (primary N) is 1. The molecule has 33 heavy (non-hydrogen) atoms. The van der Waals surface area contributed by atoms with Gasteiger partial charge in [0, 0.05) is 11.4 Å². The fourth-order valence-electron chi connectivity index (χ4n) is 2.58. The van der Waals surface area contributed by atoms with E-state index in [0.717, 1.165) is 24.4 Å². The third kappa shape index (κ3) is 6.35. The Morgan fingerprint density at radius 1 is 1.09 bits per heavy atom. The van der Waals surface area contributed by atoms with Crippen molar-refractivity contribution < 1.29 is 30.7 Å². The monoisotopic (exact) mass is 525 g/mol. The van der Waals surface area contributed by atoms with E-state index in [4.69, 9.17) is 28.3 Å². The van der Waals surface area contributed by atoms with Crippen LogP contribution in [0.2, 0.25) is 10.0 Å². The first kappa shape index (κ1) is 24.8. The van der Waals surface area contributed by atoms with E-state index in [2.05, 4.69) is 25.3 Å². The molecule has 3 aromatic rings. The van der Waals surface area contributed by atoms with Gasteiger partial charge in [-0.2, -0.15) is 4.98 Å². The molecule has 0 atom stereocenters. The number of ether oxygens (including phenoxy) is 1. The second kappa shape index (κ2) is 9.17. The molecule has 2 aromatic carbocycles. The zero-order valence-electron chi connectivity index (χ0n) is 16.3. The van der Waals surface area contributed by atoms with E-state index in [1.54, 1.807) is 6.92 Å². The zero-order chi connectivity index (χ0) is 24.6. The molecule has 0 amide bonds. The fraction of sp³-hybridized carbons (Fsp3) is 0.111.